The Balaban J connectivity index is 1.29. The smallest absolute Gasteiger partial charge is 0.129 e. The molecule has 0 saturated carbocycles. The fraction of sp³-hybridized carbons (Fsp3) is 0.548. The molecule has 0 aliphatic carbocycles. The normalized spacial score (nSPS) is 22.7. The van der Waals surface area contributed by atoms with E-state index in [0.717, 1.165) is 30.9 Å². The molecule has 35 heavy (non-hydrogen) atoms. The van der Waals surface area contributed by atoms with Crippen LogP contribution in [-0.2, 0) is 0 Å². The summed E-state index contributed by atoms with van der Waals surface area (Å²) in [4.78, 5) is 5.30. The van der Waals surface area contributed by atoms with Crippen molar-refractivity contribution in [1.82, 2.24) is 9.80 Å². The van der Waals surface area contributed by atoms with Gasteiger partial charge in [-0.2, -0.15) is 0 Å². The first-order valence-electron chi connectivity index (χ1n) is 13.8. The predicted molar refractivity (Wildman–Crippen MR) is 149 cm³/mol. The van der Waals surface area contributed by atoms with E-state index in [2.05, 4.69) is 83.4 Å². The Morgan fingerprint density at radius 1 is 0.914 bits per heavy atom. The third-order valence-electron chi connectivity index (χ3n) is 7.80. The van der Waals surface area contributed by atoms with E-state index in [0.29, 0.717) is 12.0 Å². The molecule has 186 valence electrons. The summed E-state index contributed by atoms with van der Waals surface area (Å²) >= 11 is 0. The standard InChI is InChI=1S/C31H42N2OSi/c1-35(2,3)22-16-25-10-12-26(13-11-25)30-24-33-20-7-9-31(33)29-23-27(14-15-28(29)30)34-21-8-19-32-17-5-4-6-18-32/h10-15,23,30-31H,4-9,17-21,24H2,1-3H3/t30-,31-/m1/s1. The highest BCUT2D eigenvalue weighted by molar-refractivity contribution is 6.83. The van der Waals surface area contributed by atoms with Crippen LogP contribution in [0.3, 0.4) is 0 Å². The van der Waals surface area contributed by atoms with Crippen molar-refractivity contribution in [2.45, 2.75) is 70.1 Å². The summed E-state index contributed by atoms with van der Waals surface area (Å²) in [7, 11) is -1.36. The number of fused-ring (bicyclic) bond motifs is 3. The molecule has 3 aliphatic rings. The van der Waals surface area contributed by atoms with Crippen LogP contribution in [-0.4, -0.2) is 57.2 Å². The molecule has 2 saturated heterocycles. The number of nitrogens with zero attached hydrogens (tertiary/aromatic N) is 2. The predicted octanol–water partition coefficient (Wildman–Crippen LogP) is 6.45. The zero-order chi connectivity index (χ0) is 24.3. The molecule has 3 aliphatic heterocycles. The summed E-state index contributed by atoms with van der Waals surface area (Å²) in [6.45, 7) is 13.7. The number of benzene rings is 2. The fourth-order valence-corrected chi connectivity index (χ4v) is 6.50. The average molecular weight is 487 g/mol. The molecule has 0 amide bonds. The summed E-state index contributed by atoms with van der Waals surface area (Å²) in [6.07, 6.45) is 7.80. The summed E-state index contributed by atoms with van der Waals surface area (Å²) in [6, 6.07) is 16.5. The number of rotatable bonds is 6. The molecule has 2 fully saturated rings. The molecule has 0 unspecified atom stereocenters. The van der Waals surface area contributed by atoms with Crippen LogP contribution >= 0.6 is 0 Å². The summed E-state index contributed by atoms with van der Waals surface area (Å²) < 4.78 is 6.27. The van der Waals surface area contributed by atoms with Gasteiger partial charge in [-0.3, -0.25) is 4.90 Å². The molecule has 0 bridgehead atoms. The molecule has 5 rings (SSSR count). The summed E-state index contributed by atoms with van der Waals surface area (Å²) in [5, 5.41) is 0. The third kappa shape index (κ3) is 6.20. The molecule has 2 aromatic rings. The van der Waals surface area contributed by atoms with Crippen LogP contribution in [0.2, 0.25) is 19.6 Å². The van der Waals surface area contributed by atoms with E-state index in [-0.39, 0.29) is 0 Å². The number of likely N-dealkylation sites (tertiary alicyclic amines) is 1. The van der Waals surface area contributed by atoms with Gasteiger partial charge in [0.25, 0.3) is 0 Å². The molecule has 3 nitrogen and oxygen atoms in total. The van der Waals surface area contributed by atoms with Crippen molar-refractivity contribution in [3.8, 4) is 17.2 Å². The maximum Gasteiger partial charge on any atom is 0.129 e. The maximum atomic E-state index is 6.27. The van der Waals surface area contributed by atoms with Gasteiger partial charge in [-0.15, -0.1) is 5.54 Å². The van der Waals surface area contributed by atoms with E-state index in [4.69, 9.17) is 4.74 Å². The lowest BCUT2D eigenvalue weighted by atomic mass is 9.81. The highest BCUT2D eigenvalue weighted by atomic mass is 28.3. The van der Waals surface area contributed by atoms with Crippen molar-refractivity contribution in [3.63, 3.8) is 0 Å². The molecular formula is C31H42N2OSi. The molecule has 0 radical (unpaired) electrons. The van der Waals surface area contributed by atoms with Crippen LogP contribution < -0.4 is 4.74 Å². The molecule has 3 heterocycles. The number of hydrogen-bond acceptors (Lipinski definition) is 3. The van der Waals surface area contributed by atoms with Crippen molar-refractivity contribution in [3.05, 3.63) is 64.7 Å². The first-order chi connectivity index (χ1) is 17.0. The number of hydrogen-bond donors (Lipinski definition) is 0. The van der Waals surface area contributed by atoms with Crippen LogP contribution in [0, 0.1) is 11.5 Å². The van der Waals surface area contributed by atoms with Gasteiger partial charge in [0.2, 0.25) is 0 Å². The van der Waals surface area contributed by atoms with Crippen LogP contribution in [0.25, 0.3) is 0 Å². The zero-order valence-corrected chi connectivity index (χ0v) is 23.0. The van der Waals surface area contributed by atoms with Crippen molar-refractivity contribution in [2.75, 3.05) is 39.3 Å². The first-order valence-corrected chi connectivity index (χ1v) is 17.3. The van der Waals surface area contributed by atoms with E-state index in [1.54, 1.807) is 0 Å². The molecular weight excluding hydrogens is 444 g/mol. The molecule has 0 N–H and O–H groups in total. The van der Waals surface area contributed by atoms with E-state index in [1.165, 1.54) is 75.0 Å². The van der Waals surface area contributed by atoms with Crippen LogP contribution in [0.4, 0.5) is 0 Å². The number of ether oxygens (including phenoxy) is 1. The van der Waals surface area contributed by atoms with Crippen molar-refractivity contribution in [2.24, 2.45) is 0 Å². The molecule has 2 aromatic carbocycles. The second-order valence-corrected chi connectivity index (χ2v) is 16.5. The Bertz CT molecular complexity index is 1060. The highest BCUT2D eigenvalue weighted by Crippen LogP contribution is 2.45. The van der Waals surface area contributed by atoms with E-state index < -0.39 is 8.07 Å². The largest absolute Gasteiger partial charge is 0.494 e. The quantitative estimate of drug-likeness (QED) is 0.265. The monoisotopic (exact) mass is 486 g/mol. The third-order valence-corrected chi connectivity index (χ3v) is 8.68. The Morgan fingerprint density at radius 3 is 2.49 bits per heavy atom. The lowest BCUT2D eigenvalue weighted by Crippen LogP contribution is -2.34. The van der Waals surface area contributed by atoms with Gasteiger partial charge in [0.05, 0.1) is 6.61 Å². The summed E-state index contributed by atoms with van der Waals surface area (Å²) in [5.74, 6) is 4.88. The Labute approximate surface area is 213 Å². The zero-order valence-electron chi connectivity index (χ0n) is 22.0. The van der Waals surface area contributed by atoms with Gasteiger partial charge in [0.15, 0.2) is 0 Å². The SMILES string of the molecule is C[Si](C)(C)C#Cc1ccc([C@H]2CN3CCC[C@@H]3c3cc(OCCCN4CCCCC4)ccc32)cc1. The van der Waals surface area contributed by atoms with Crippen LogP contribution in [0.15, 0.2) is 42.5 Å². The van der Waals surface area contributed by atoms with Crippen molar-refractivity contribution >= 4 is 8.07 Å². The minimum Gasteiger partial charge on any atom is -0.494 e. The Kier molecular flexibility index (Phi) is 7.67. The van der Waals surface area contributed by atoms with Gasteiger partial charge >= 0.3 is 0 Å². The molecule has 2 atom stereocenters. The highest BCUT2D eigenvalue weighted by Gasteiger charge is 2.36. The van der Waals surface area contributed by atoms with Crippen molar-refractivity contribution in [1.29, 1.82) is 0 Å². The lowest BCUT2D eigenvalue weighted by Gasteiger charge is -2.37. The van der Waals surface area contributed by atoms with Gasteiger partial charge in [-0.25, -0.2) is 0 Å². The topological polar surface area (TPSA) is 15.7 Å². The number of piperidine rings is 1. The Morgan fingerprint density at radius 2 is 1.71 bits per heavy atom. The minimum atomic E-state index is -1.36. The Hall–Kier alpha value is -2.06. The van der Waals surface area contributed by atoms with E-state index >= 15 is 0 Å². The van der Waals surface area contributed by atoms with Crippen LogP contribution in [0.5, 0.6) is 5.75 Å². The van der Waals surface area contributed by atoms with Crippen molar-refractivity contribution < 1.29 is 4.74 Å². The van der Waals surface area contributed by atoms with Gasteiger partial charge in [-0.1, -0.05) is 50.2 Å². The van der Waals surface area contributed by atoms with Crippen LogP contribution in [0.1, 0.15) is 72.7 Å². The lowest BCUT2D eigenvalue weighted by molar-refractivity contribution is 0.204. The van der Waals surface area contributed by atoms with Gasteiger partial charge in [0, 0.05) is 30.6 Å². The van der Waals surface area contributed by atoms with E-state index in [1.807, 2.05) is 0 Å². The van der Waals surface area contributed by atoms with E-state index in [9.17, 15) is 0 Å². The first kappa shape index (κ1) is 24.6. The summed E-state index contributed by atoms with van der Waals surface area (Å²) in [5.41, 5.74) is 9.03. The average Bonchev–Trinajstić information content (AvgIpc) is 3.34. The van der Waals surface area contributed by atoms with Gasteiger partial charge in [-0.05, 0) is 92.7 Å². The second kappa shape index (κ2) is 10.9. The van der Waals surface area contributed by atoms with Gasteiger partial charge in [0.1, 0.15) is 13.8 Å². The molecule has 0 aromatic heterocycles. The second-order valence-electron chi connectivity index (χ2n) is 11.7. The molecule has 4 heteroatoms. The maximum absolute atomic E-state index is 6.27. The fourth-order valence-electron chi connectivity index (χ4n) is 5.98. The van der Waals surface area contributed by atoms with Gasteiger partial charge < -0.3 is 9.64 Å². The molecule has 0 spiro atoms. The minimum absolute atomic E-state index is 0.423.